The van der Waals surface area contributed by atoms with Crippen molar-refractivity contribution in [2.45, 2.75) is 6.92 Å². The van der Waals surface area contributed by atoms with Crippen LogP contribution in [0, 0.1) is 6.92 Å². The third-order valence-corrected chi connectivity index (χ3v) is 7.69. The number of hydrogen-bond acceptors (Lipinski definition) is 9. The lowest BCUT2D eigenvalue weighted by molar-refractivity contribution is -0.672. The normalized spacial score (nSPS) is 11.2. The highest BCUT2D eigenvalue weighted by atomic mass is 32.1. The maximum absolute atomic E-state index is 13.9. The van der Waals surface area contributed by atoms with Gasteiger partial charge in [-0.2, -0.15) is 0 Å². The molecule has 0 unspecified atom stereocenters. The van der Waals surface area contributed by atoms with E-state index in [0.717, 1.165) is 33.6 Å². The molecule has 3 heterocycles. The van der Waals surface area contributed by atoms with Crippen molar-refractivity contribution in [3.63, 3.8) is 0 Å². The molecule has 10 heteroatoms. The predicted octanol–water partition coefficient (Wildman–Crippen LogP) is 4.68. The fraction of sp³-hybridized carbons (Fsp3) is 0.0667. The van der Waals surface area contributed by atoms with Crippen molar-refractivity contribution in [2.24, 2.45) is 0 Å². The van der Waals surface area contributed by atoms with E-state index in [1.807, 2.05) is 61.5 Å². The first-order valence-electron chi connectivity index (χ1n) is 12.3. The molecule has 0 spiro atoms. The smallest absolute Gasteiger partial charge is 0.312 e. The van der Waals surface area contributed by atoms with Crippen LogP contribution in [0.15, 0.2) is 83.4 Å². The van der Waals surface area contributed by atoms with E-state index in [4.69, 9.17) is 25.7 Å². The van der Waals surface area contributed by atoms with Gasteiger partial charge in [0.05, 0.1) is 23.8 Å². The van der Waals surface area contributed by atoms with Gasteiger partial charge in [-0.25, -0.2) is 4.98 Å². The molecule has 0 aliphatic carbocycles. The number of rotatable bonds is 6. The monoisotopic (exact) mass is 549 g/mol. The highest BCUT2D eigenvalue weighted by molar-refractivity contribution is 7.21. The van der Waals surface area contributed by atoms with Gasteiger partial charge in [0, 0.05) is 28.8 Å². The largest absolute Gasteiger partial charge is 0.539 e. The van der Waals surface area contributed by atoms with Crippen molar-refractivity contribution in [3.8, 4) is 39.8 Å². The number of carbonyl (C=O) groups excluding carboxylic acids is 1. The SMILES string of the molecule is COc1cccc(-c2cc(-c3ccc(N)cc3)nc3sc(C(=O)c4c([O-])on[n+]4-c4ccc(C)cc4)c(N)c23)c1. The number of fused-ring (bicyclic) bond motifs is 1. The van der Waals surface area contributed by atoms with Crippen molar-refractivity contribution >= 4 is 38.7 Å². The molecule has 40 heavy (non-hydrogen) atoms. The summed E-state index contributed by atoms with van der Waals surface area (Å²) in [6.45, 7) is 1.94. The molecule has 4 N–H and O–H groups in total. The molecule has 0 radical (unpaired) electrons. The number of carbonyl (C=O) groups is 1. The fourth-order valence-corrected chi connectivity index (χ4v) is 5.58. The van der Waals surface area contributed by atoms with Crippen molar-refractivity contribution in [3.05, 3.63) is 95.0 Å². The van der Waals surface area contributed by atoms with E-state index in [1.54, 1.807) is 31.4 Å². The van der Waals surface area contributed by atoms with E-state index < -0.39 is 11.7 Å². The molecule has 0 saturated heterocycles. The molecule has 0 fully saturated rings. The van der Waals surface area contributed by atoms with E-state index in [1.165, 1.54) is 4.68 Å². The second-order valence-corrected chi connectivity index (χ2v) is 10.2. The lowest BCUT2D eigenvalue weighted by atomic mass is 9.99. The number of aromatic nitrogens is 3. The number of hydrogen-bond donors (Lipinski definition) is 2. The van der Waals surface area contributed by atoms with Crippen LogP contribution in [-0.4, -0.2) is 23.1 Å². The Bertz CT molecular complexity index is 1890. The van der Waals surface area contributed by atoms with Gasteiger partial charge in [0.2, 0.25) is 5.69 Å². The van der Waals surface area contributed by atoms with Gasteiger partial charge in [-0.05, 0) is 53.1 Å². The Kier molecular flexibility index (Phi) is 6.16. The number of pyridine rings is 1. The zero-order valence-corrected chi connectivity index (χ0v) is 22.4. The summed E-state index contributed by atoms with van der Waals surface area (Å²) in [5.74, 6) is -0.787. The minimum absolute atomic E-state index is 0.169. The highest BCUT2D eigenvalue weighted by Crippen LogP contribution is 2.43. The number of thiophene rings is 1. The summed E-state index contributed by atoms with van der Waals surface area (Å²) in [6, 6.07) is 24.1. The topological polar surface area (TPSA) is 144 Å². The Labute approximate surface area is 232 Å². The third kappa shape index (κ3) is 4.30. The van der Waals surface area contributed by atoms with E-state index in [9.17, 15) is 9.90 Å². The van der Waals surface area contributed by atoms with Gasteiger partial charge in [0.1, 0.15) is 15.5 Å². The van der Waals surface area contributed by atoms with E-state index in [0.29, 0.717) is 33.0 Å². The van der Waals surface area contributed by atoms with E-state index >= 15 is 0 Å². The van der Waals surface area contributed by atoms with Crippen LogP contribution in [0.5, 0.6) is 11.7 Å². The quantitative estimate of drug-likeness (QED) is 0.173. The van der Waals surface area contributed by atoms with Gasteiger partial charge in [0.15, 0.2) is 5.95 Å². The molecular weight excluding hydrogens is 526 g/mol. The number of anilines is 2. The first kappa shape index (κ1) is 25.1. The molecular formula is C30H23N5O4S. The number of ether oxygens (including phenoxy) is 1. The zero-order valence-electron chi connectivity index (χ0n) is 21.5. The molecule has 3 aromatic carbocycles. The van der Waals surface area contributed by atoms with Crippen LogP contribution in [0.25, 0.3) is 38.3 Å². The first-order valence-corrected chi connectivity index (χ1v) is 13.1. The van der Waals surface area contributed by atoms with Crippen LogP contribution in [0.2, 0.25) is 0 Å². The Morgan fingerprint density at radius 1 is 1.00 bits per heavy atom. The number of nitrogen functional groups attached to an aromatic ring is 2. The summed E-state index contributed by atoms with van der Waals surface area (Å²) in [6.07, 6.45) is 0. The van der Waals surface area contributed by atoms with Crippen molar-refractivity contribution in [2.75, 3.05) is 18.6 Å². The summed E-state index contributed by atoms with van der Waals surface area (Å²) in [4.78, 5) is 19.4. The standard InChI is InChI=1S/C30H23N5O4S/c1-16-6-12-20(13-7-16)35-26(30(37)39-34-35)27(36)28-25(32)24-22(18-4-3-5-21(14-18)38-2)15-23(33-29(24)40-28)17-8-10-19(31)11-9-17/h3-15H,1-2H3,(H4-,31,32,33,34,36,37). The third-order valence-electron chi connectivity index (χ3n) is 6.60. The number of ketones is 1. The summed E-state index contributed by atoms with van der Waals surface area (Å²) in [5.41, 5.74) is 17.8. The minimum Gasteiger partial charge on any atom is -0.539 e. The van der Waals surface area contributed by atoms with Crippen LogP contribution >= 0.6 is 11.3 Å². The second-order valence-electron chi connectivity index (χ2n) is 9.22. The molecule has 0 atom stereocenters. The number of aryl methyl sites for hydroxylation is 1. The Balaban J connectivity index is 1.56. The van der Waals surface area contributed by atoms with Gasteiger partial charge < -0.3 is 25.8 Å². The van der Waals surface area contributed by atoms with Gasteiger partial charge in [-0.3, -0.25) is 4.79 Å². The average molecular weight is 550 g/mol. The molecule has 3 aromatic heterocycles. The molecule has 0 aliphatic rings. The second kappa shape index (κ2) is 9.83. The predicted molar refractivity (Wildman–Crippen MR) is 152 cm³/mol. The number of nitrogens with zero attached hydrogens (tertiary/aromatic N) is 3. The number of benzene rings is 3. The Hall–Kier alpha value is -5.22. The molecule has 9 nitrogen and oxygen atoms in total. The molecule has 6 rings (SSSR count). The molecule has 0 bridgehead atoms. The molecule has 0 saturated carbocycles. The molecule has 6 aromatic rings. The van der Waals surface area contributed by atoms with Crippen LogP contribution in [0.4, 0.5) is 11.4 Å². The van der Waals surface area contributed by atoms with Crippen LogP contribution in [-0.2, 0) is 0 Å². The maximum Gasteiger partial charge on any atom is 0.312 e. The Morgan fingerprint density at radius 3 is 2.48 bits per heavy atom. The molecule has 198 valence electrons. The van der Waals surface area contributed by atoms with E-state index in [-0.39, 0.29) is 16.3 Å². The van der Waals surface area contributed by atoms with Gasteiger partial charge >= 0.3 is 5.69 Å². The number of methoxy groups -OCH3 is 1. The highest BCUT2D eigenvalue weighted by Gasteiger charge is 2.33. The van der Waals surface area contributed by atoms with Gasteiger partial charge in [-0.1, -0.05) is 42.0 Å². The van der Waals surface area contributed by atoms with Crippen molar-refractivity contribution < 1.29 is 23.8 Å². The number of nitrogens with two attached hydrogens (primary N) is 2. The van der Waals surface area contributed by atoms with Crippen molar-refractivity contribution in [1.29, 1.82) is 0 Å². The van der Waals surface area contributed by atoms with Crippen molar-refractivity contribution in [1.82, 2.24) is 10.3 Å². The van der Waals surface area contributed by atoms with E-state index in [2.05, 4.69) is 5.27 Å². The fourth-order valence-electron chi connectivity index (χ4n) is 4.52. The Morgan fingerprint density at radius 2 is 1.75 bits per heavy atom. The maximum atomic E-state index is 13.9. The lowest BCUT2D eigenvalue weighted by Crippen LogP contribution is -2.39. The summed E-state index contributed by atoms with van der Waals surface area (Å²) >= 11 is 1.11. The zero-order chi connectivity index (χ0) is 28.0. The van der Waals surface area contributed by atoms with Crippen LogP contribution < -0.4 is 26.0 Å². The van der Waals surface area contributed by atoms with Gasteiger partial charge in [0.25, 0.3) is 5.78 Å². The summed E-state index contributed by atoms with van der Waals surface area (Å²) < 4.78 is 11.5. The molecule has 0 amide bonds. The lowest BCUT2D eigenvalue weighted by Gasteiger charge is -2.10. The van der Waals surface area contributed by atoms with Crippen LogP contribution in [0.3, 0.4) is 0 Å². The minimum atomic E-state index is -0.856. The average Bonchev–Trinajstić information content (AvgIpc) is 3.52. The summed E-state index contributed by atoms with van der Waals surface area (Å²) in [5, 5.41) is 17.1. The van der Waals surface area contributed by atoms with Gasteiger partial charge in [-0.15, -0.1) is 11.3 Å². The molecule has 0 aliphatic heterocycles. The van der Waals surface area contributed by atoms with Crippen LogP contribution in [0.1, 0.15) is 20.9 Å². The summed E-state index contributed by atoms with van der Waals surface area (Å²) in [7, 11) is 1.60. The first-order chi connectivity index (χ1) is 19.3.